The van der Waals surface area contributed by atoms with Crippen LogP contribution < -0.4 is 0 Å². The van der Waals surface area contributed by atoms with E-state index >= 15 is 0 Å². The number of ether oxygens (including phenoxy) is 1. The second kappa shape index (κ2) is 5.62. The minimum absolute atomic E-state index is 0.152. The van der Waals surface area contributed by atoms with Crippen LogP contribution in [0.5, 0.6) is 0 Å². The Morgan fingerprint density at radius 3 is 3.00 bits per heavy atom. The molecule has 6 heteroatoms. The summed E-state index contributed by atoms with van der Waals surface area (Å²) in [5, 5.41) is -0.152. The average molecular weight is 359 g/mol. The molecule has 2 aromatic heterocycles. The van der Waals surface area contributed by atoms with Gasteiger partial charge >= 0.3 is 0 Å². The van der Waals surface area contributed by atoms with E-state index in [4.69, 9.17) is 16.3 Å². The molecule has 2 heterocycles. The monoisotopic (exact) mass is 357 g/mol. The number of hydrogen-bond donors (Lipinski definition) is 0. The lowest BCUT2D eigenvalue weighted by molar-refractivity contribution is 0.0751. The summed E-state index contributed by atoms with van der Waals surface area (Å²) in [4.78, 5) is 9.21. The van der Waals surface area contributed by atoms with Crippen molar-refractivity contribution in [1.82, 2.24) is 14.5 Å². The zero-order chi connectivity index (χ0) is 14.3. The molecule has 108 valence electrons. The van der Waals surface area contributed by atoms with Gasteiger partial charge in [-0.15, -0.1) is 11.6 Å². The predicted octanol–water partition coefficient (Wildman–Crippen LogP) is 4.23. The van der Waals surface area contributed by atoms with Crippen LogP contribution in [0.4, 0.5) is 0 Å². The highest BCUT2D eigenvalue weighted by Gasteiger charge is 2.32. The molecule has 1 aliphatic rings. The number of pyridine rings is 1. The summed E-state index contributed by atoms with van der Waals surface area (Å²) in [6.07, 6.45) is 5.34. The minimum Gasteiger partial charge on any atom is -0.379 e. The van der Waals surface area contributed by atoms with E-state index in [1.54, 1.807) is 13.3 Å². The van der Waals surface area contributed by atoms with Gasteiger partial charge in [-0.1, -0.05) is 0 Å². The first-order chi connectivity index (χ1) is 9.61. The minimum atomic E-state index is -0.152. The first-order valence-electron chi connectivity index (χ1n) is 6.82. The van der Waals surface area contributed by atoms with Gasteiger partial charge in [-0.3, -0.25) is 0 Å². The highest BCUT2D eigenvalue weighted by molar-refractivity contribution is 9.10. The molecular formula is C14H17BrClN3O. The van der Waals surface area contributed by atoms with Crippen LogP contribution in [0.25, 0.3) is 11.2 Å². The molecule has 0 aliphatic heterocycles. The van der Waals surface area contributed by atoms with Crippen LogP contribution in [-0.4, -0.2) is 27.7 Å². The van der Waals surface area contributed by atoms with Crippen LogP contribution in [0.3, 0.4) is 0 Å². The molecule has 1 fully saturated rings. The molecule has 2 aromatic rings. The molecule has 1 aliphatic carbocycles. The van der Waals surface area contributed by atoms with Gasteiger partial charge in [-0.25, -0.2) is 9.97 Å². The van der Waals surface area contributed by atoms with Gasteiger partial charge in [-0.05, 0) is 48.2 Å². The summed E-state index contributed by atoms with van der Waals surface area (Å²) in [6, 6.07) is 2.26. The summed E-state index contributed by atoms with van der Waals surface area (Å²) < 4.78 is 8.74. The fraction of sp³-hybridized carbons (Fsp3) is 0.571. The van der Waals surface area contributed by atoms with Crippen molar-refractivity contribution in [3.63, 3.8) is 0 Å². The SMILES string of the molecule is COC1CCCC1n1c(C(C)Cl)nc2cc(Br)cnc21. The number of aromatic nitrogens is 3. The van der Waals surface area contributed by atoms with E-state index in [1.807, 2.05) is 13.0 Å². The highest BCUT2D eigenvalue weighted by Crippen LogP contribution is 2.37. The Morgan fingerprint density at radius 2 is 2.30 bits per heavy atom. The van der Waals surface area contributed by atoms with E-state index in [0.717, 1.165) is 40.7 Å². The number of rotatable bonds is 3. The summed E-state index contributed by atoms with van der Waals surface area (Å²) in [5.41, 5.74) is 1.77. The first-order valence-corrected chi connectivity index (χ1v) is 8.05. The van der Waals surface area contributed by atoms with Gasteiger partial charge in [-0.2, -0.15) is 0 Å². The zero-order valence-electron chi connectivity index (χ0n) is 11.5. The molecule has 3 unspecified atom stereocenters. The van der Waals surface area contributed by atoms with Crippen molar-refractivity contribution in [3.05, 3.63) is 22.6 Å². The lowest BCUT2D eigenvalue weighted by atomic mass is 10.2. The lowest BCUT2D eigenvalue weighted by Gasteiger charge is -2.22. The Bertz CT molecular complexity index is 628. The standard InChI is InChI=1S/C14H17BrClN3O/c1-8(16)13-18-10-6-9(15)7-17-14(10)19(13)11-4-3-5-12(11)20-2/h6-8,11-12H,3-5H2,1-2H3. The summed E-state index contributed by atoms with van der Waals surface area (Å²) in [5.74, 6) is 0.876. The third-order valence-corrected chi connectivity index (χ3v) is 4.56. The van der Waals surface area contributed by atoms with E-state index in [1.165, 1.54) is 0 Å². The molecule has 0 bridgehead atoms. The molecule has 4 nitrogen and oxygen atoms in total. The van der Waals surface area contributed by atoms with Crippen molar-refractivity contribution in [2.75, 3.05) is 7.11 Å². The van der Waals surface area contributed by atoms with Crippen LogP contribution in [0, 0.1) is 0 Å². The average Bonchev–Trinajstić information content (AvgIpc) is 3.00. The van der Waals surface area contributed by atoms with Crippen molar-refractivity contribution < 1.29 is 4.74 Å². The molecule has 0 amide bonds. The van der Waals surface area contributed by atoms with Gasteiger partial charge in [0.25, 0.3) is 0 Å². The fourth-order valence-corrected chi connectivity index (χ4v) is 3.53. The maximum atomic E-state index is 6.33. The molecule has 0 spiro atoms. The summed E-state index contributed by atoms with van der Waals surface area (Å²) >= 11 is 9.77. The highest BCUT2D eigenvalue weighted by atomic mass is 79.9. The van der Waals surface area contributed by atoms with Crippen molar-refractivity contribution in [2.45, 2.75) is 43.7 Å². The molecule has 0 saturated heterocycles. The Labute approximate surface area is 131 Å². The third-order valence-electron chi connectivity index (χ3n) is 3.93. The summed E-state index contributed by atoms with van der Waals surface area (Å²) in [7, 11) is 1.77. The van der Waals surface area contributed by atoms with Gasteiger partial charge in [0, 0.05) is 17.8 Å². The Morgan fingerprint density at radius 1 is 1.50 bits per heavy atom. The maximum absolute atomic E-state index is 6.33. The molecule has 0 N–H and O–H groups in total. The molecule has 20 heavy (non-hydrogen) atoms. The second-order valence-electron chi connectivity index (χ2n) is 5.22. The molecule has 3 atom stereocenters. The van der Waals surface area contributed by atoms with Crippen LogP contribution in [0.1, 0.15) is 43.4 Å². The third kappa shape index (κ3) is 2.36. The van der Waals surface area contributed by atoms with Gasteiger partial charge in [0.15, 0.2) is 5.65 Å². The lowest BCUT2D eigenvalue weighted by Crippen LogP contribution is -2.22. The summed E-state index contributed by atoms with van der Waals surface area (Å²) in [6.45, 7) is 1.95. The predicted molar refractivity (Wildman–Crippen MR) is 83.2 cm³/mol. The van der Waals surface area contributed by atoms with Crippen LogP contribution in [0.15, 0.2) is 16.7 Å². The maximum Gasteiger partial charge on any atom is 0.160 e. The Kier molecular flexibility index (Phi) is 4.02. The van der Waals surface area contributed by atoms with E-state index in [0.29, 0.717) is 0 Å². The smallest absolute Gasteiger partial charge is 0.160 e. The molecule has 0 aromatic carbocycles. The number of alkyl halides is 1. The van der Waals surface area contributed by atoms with Crippen LogP contribution in [0.2, 0.25) is 0 Å². The van der Waals surface area contributed by atoms with E-state index in [-0.39, 0.29) is 17.5 Å². The number of halogens is 2. The Hall–Kier alpha value is -0.650. The molecule has 0 radical (unpaired) electrons. The van der Waals surface area contributed by atoms with Crippen molar-refractivity contribution in [1.29, 1.82) is 0 Å². The van der Waals surface area contributed by atoms with E-state index < -0.39 is 0 Å². The number of fused-ring (bicyclic) bond motifs is 1. The topological polar surface area (TPSA) is 39.9 Å². The number of nitrogens with zero attached hydrogens (tertiary/aromatic N) is 3. The molecular weight excluding hydrogens is 342 g/mol. The number of imidazole rings is 1. The van der Waals surface area contributed by atoms with Gasteiger partial charge < -0.3 is 9.30 Å². The first kappa shape index (κ1) is 14.3. The van der Waals surface area contributed by atoms with Gasteiger partial charge in [0.1, 0.15) is 11.3 Å². The molecule has 1 saturated carbocycles. The number of methoxy groups -OCH3 is 1. The van der Waals surface area contributed by atoms with Crippen molar-refractivity contribution >= 4 is 38.7 Å². The zero-order valence-corrected chi connectivity index (χ0v) is 13.9. The Balaban J connectivity index is 2.18. The quantitative estimate of drug-likeness (QED) is 0.771. The van der Waals surface area contributed by atoms with Crippen molar-refractivity contribution in [3.8, 4) is 0 Å². The van der Waals surface area contributed by atoms with Gasteiger partial charge in [0.05, 0.1) is 17.5 Å². The largest absolute Gasteiger partial charge is 0.379 e. The molecule has 3 rings (SSSR count). The number of hydrogen-bond acceptors (Lipinski definition) is 3. The second-order valence-corrected chi connectivity index (χ2v) is 6.80. The van der Waals surface area contributed by atoms with E-state index in [9.17, 15) is 0 Å². The van der Waals surface area contributed by atoms with Crippen molar-refractivity contribution in [2.24, 2.45) is 0 Å². The van der Waals surface area contributed by atoms with E-state index in [2.05, 4.69) is 30.5 Å². The fourth-order valence-electron chi connectivity index (χ4n) is 3.06. The van der Waals surface area contributed by atoms with Crippen LogP contribution in [-0.2, 0) is 4.74 Å². The van der Waals surface area contributed by atoms with Crippen LogP contribution >= 0.6 is 27.5 Å². The van der Waals surface area contributed by atoms with Gasteiger partial charge in [0.2, 0.25) is 0 Å². The normalized spacial score (nSPS) is 24.4.